The molecule has 1 aromatic rings. The normalized spacial score (nSPS) is 22.4. The number of rotatable bonds is 0. The van der Waals surface area contributed by atoms with Gasteiger partial charge < -0.3 is 0 Å². The number of fused-ring (bicyclic) bond motifs is 3. The van der Waals surface area contributed by atoms with Gasteiger partial charge in [0.15, 0.2) is 0 Å². The first-order chi connectivity index (χ1) is 7.68. The fourth-order valence-corrected chi connectivity index (χ4v) is 2.22. The maximum atomic E-state index is 11.2. The van der Waals surface area contributed by atoms with Gasteiger partial charge in [-0.15, -0.1) is 11.6 Å². The third-order valence-corrected chi connectivity index (χ3v) is 3.03. The van der Waals surface area contributed by atoms with E-state index >= 15 is 0 Å². The highest BCUT2D eigenvalue weighted by molar-refractivity contribution is 6.65. The van der Waals surface area contributed by atoms with Gasteiger partial charge in [-0.3, -0.25) is 9.59 Å². The lowest BCUT2D eigenvalue weighted by Gasteiger charge is -2.05. The van der Waals surface area contributed by atoms with E-state index in [9.17, 15) is 9.59 Å². The summed E-state index contributed by atoms with van der Waals surface area (Å²) >= 11 is 6.15. The number of halogens is 1. The molecule has 0 spiro atoms. The number of aliphatic imine (C=N–C) groups is 2. The van der Waals surface area contributed by atoms with E-state index in [1.165, 1.54) is 0 Å². The summed E-state index contributed by atoms with van der Waals surface area (Å²) in [6.45, 7) is 0. The first-order valence-electron chi connectivity index (χ1n) is 4.68. The number of benzene rings is 1. The Morgan fingerprint density at radius 2 is 1.75 bits per heavy atom. The molecular weight excluding hydrogens is 228 g/mol. The fraction of sp³-hybridized carbons (Fsp3) is 0.0909. The van der Waals surface area contributed by atoms with Crippen LogP contribution in [-0.2, 0) is 9.59 Å². The molecule has 1 aromatic carbocycles. The van der Waals surface area contributed by atoms with Gasteiger partial charge in [0.2, 0.25) is 0 Å². The van der Waals surface area contributed by atoms with Gasteiger partial charge in [-0.1, -0.05) is 24.3 Å². The summed E-state index contributed by atoms with van der Waals surface area (Å²) in [7, 11) is 0. The molecule has 0 saturated heterocycles. The SMILES string of the molecule is O=C1N=C2C(=NC1=O)C(Cl)c1ccccc12. The zero-order valence-corrected chi connectivity index (χ0v) is 8.73. The van der Waals surface area contributed by atoms with Crippen molar-refractivity contribution in [3.05, 3.63) is 35.4 Å². The van der Waals surface area contributed by atoms with Crippen LogP contribution in [0.3, 0.4) is 0 Å². The number of alkyl halides is 1. The minimum absolute atomic E-state index is 0.382. The highest BCUT2D eigenvalue weighted by Crippen LogP contribution is 2.35. The number of amides is 2. The van der Waals surface area contributed by atoms with Gasteiger partial charge in [0.25, 0.3) is 0 Å². The van der Waals surface area contributed by atoms with Crippen molar-refractivity contribution in [2.75, 3.05) is 0 Å². The zero-order valence-electron chi connectivity index (χ0n) is 7.98. The highest BCUT2D eigenvalue weighted by atomic mass is 35.5. The third-order valence-electron chi connectivity index (χ3n) is 2.59. The second kappa shape index (κ2) is 3.09. The van der Waals surface area contributed by atoms with E-state index in [-0.39, 0.29) is 0 Å². The monoisotopic (exact) mass is 232 g/mol. The van der Waals surface area contributed by atoms with Crippen LogP contribution in [0.4, 0.5) is 0 Å². The summed E-state index contributed by atoms with van der Waals surface area (Å²) in [5, 5.41) is -0.494. The maximum Gasteiger partial charge on any atom is 0.338 e. The smallest absolute Gasteiger partial charge is 0.261 e. The molecule has 1 aliphatic carbocycles. The molecule has 0 bridgehead atoms. The summed E-state index contributed by atoms with van der Waals surface area (Å²) < 4.78 is 0. The van der Waals surface area contributed by atoms with Crippen LogP contribution in [0, 0.1) is 0 Å². The van der Waals surface area contributed by atoms with Crippen molar-refractivity contribution in [3.8, 4) is 0 Å². The van der Waals surface area contributed by atoms with E-state index in [4.69, 9.17) is 11.6 Å². The average Bonchev–Trinajstić information content (AvgIpc) is 2.55. The summed E-state index contributed by atoms with van der Waals surface area (Å²) in [6.07, 6.45) is 0. The van der Waals surface area contributed by atoms with Crippen LogP contribution in [0.15, 0.2) is 34.3 Å². The summed E-state index contributed by atoms with van der Waals surface area (Å²) in [4.78, 5) is 29.7. The van der Waals surface area contributed by atoms with Gasteiger partial charge in [-0.05, 0) is 5.56 Å². The van der Waals surface area contributed by atoms with Gasteiger partial charge in [0.05, 0.1) is 11.4 Å². The summed E-state index contributed by atoms with van der Waals surface area (Å²) in [6, 6.07) is 7.32. The first kappa shape index (κ1) is 9.42. The van der Waals surface area contributed by atoms with Crippen LogP contribution in [-0.4, -0.2) is 23.2 Å². The first-order valence-corrected chi connectivity index (χ1v) is 5.11. The Balaban J connectivity index is 2.28. The van der Waals surface area contributed by atoms with Crippen molar-refractivity contribution >= 4 is 34.8 Å². The Hall–Kier alpha value is -1.81. The van der Waals surface area contributed by atoms with Gasteiger partial charge in [0, 0.05) is 5.56 Å². The fourth-order valence-electron chi connectivity index (χ4n) is 1.87. The van der Waals surface area contributed by atoms with E-state index in [1.807, 2.05) is 24.3 Å². The molecule has 16 heavy (non-hydrogen) atoms. The Morgan fingerprint density at radius 3 is 2.56 bits per heavy atom. The van der Waals surface area contributed by atoms with Gasteiger partial charge in [0.1, 0.15) is 5.38 Å². The summed E-state index contributed by atoms with van der Waals surface area (Å²) in [5.74, 6) is -1.68. The molecule has 0 N–H and O–H groups in total. The molecule has 1 unspecified atom stereocenters. The van der Waals surface area contributed by atoms with E-state index in [0.717, 1.165) is 11.1 Å². The van der Waals surface area contributed by atoms with Crippen molar-refractivity contribution in [1.29, 1.82) is 0 Å². The van der Waals surface area contributed by atoms with Crippen molar-refractivity contribution in [3.63, 3.8) is 0 Å². The molecule has 1 heterocycles. The topological polar surface area (TPSA) is 58.9 Å². The largest absolute Gasteiger partial charge is 0.338 e. The Kier molecular flexibility index (Phi) is 1.82. The zero-order chi connectivity index (χ0) is 11.3. The molecule has 0 saturated carbocycles. The Labute approximate surface area is 95.7 Å². The van der Waals surface area contributed by atoms with Crippen LogP contribution in [0.25, 0.3) is 0 Å². The Morgan fingerprint density at radius 1 is 1.06 bits per heavy atom. The minimum atomic E-state index is -0.850. The molecule has 5 heteroatoms. The average molecular weight is 233 g/mol. The molecule has 78 valence electrons. The van der Waals surface area contributed by atoms with E-state index < -0.39 is 17.2 Å². The standard InChI is InChI=1S/C11H5ClN2O2/c12-7-5-3-1-2-4-6(5)8-9(7)14-11(16)10(15)13-8/h1-4,7H. The molecular formula is C11H5ClN2O2. The molecule has 1 atom stereocenters. The molecule has 0 aromatic heterocycles. The van der Waals surface area contributed by atoms with Gasteiger partial charge in [-0.2, -0.15) is 0 Å². The minimum Gasteiger partial charge on any atom is -0.261 e. The van der Waals surface area contributed by atoms with Crippen LogP contribution < -0.4 is 0 Å². The van der Waals surface area contributed by atoms with Crippen LogP contribution in [0.2, 0.25) is 0 Å². The number of hydrogen-bond acceptors (Lipinski definition) is 2. The lowest BCUT2D eigenvalue weighted by molar-refractivity contribution is -0.135. The van der Waals surface area contributed by atoms with Crippen molar-refractivity contribution < 1.29 is 9.59 Å². The van der Waals surface area contributed by atoms with E-state index in [2.05, 4.69) is 9.98 Å². The second-order valence-corrected chi connectivity index (χ2v) is 3.95. The predicted octanol–water partition coefficient (Wildman–Crippen LogP) is 1.28. The highest BCUT2D eigenvalue weighted by Gasteiger charge is 2.37. The molecule has 0 fully saturated rings. The number of carbonyl (C=O) groups excluding carboxylic acids is 2. The third kappa shape index (κ3) is 1.10. The lowest BCUT2D eigenvalue weighted by Crippen LogP contribution is -2.24. The molecule has 4 nitrogen and oxygen atoms in total. The molecule has 2 aliphatic rings. The maximum absolute atomic E-state index is 11.2. The predicted molar refractivity (Wildman–Crippen MR) is 59.0 cm³/mol. The van der Waals surface area contributed by atoms with Crippen LogP contribution >= 0.6 is 11.6 Å². The van der Waals surface area contributed by atoms with Crippen molar-refractivity contribution in [1.82, 2.24) is 0 Å². The van der Waals surface area contributed by atoms with Crippen molar-refractivity contribution in [2.24, 2.45) is 9.98 Å². The lowest BCUT2D eigenvalue weighted by atomic mass is 10.1. The Bertz CT molecular complexity index is 589. The molecule has 3 rings (SSSR count). The van der Waals surface area contributed by atoms with Crippen LogP contribution in [0.1, 0.15) is 16.5 Å². The molecule has 2 amide bonds. The van der Waals surface area contributed by atoms with E-state index in [0.29, 0.717) is 11.4 Å². The van der Waals surface area contributed by atoms with Crippen molar-refractivity contribution in [2.45, 2.75) is 5.38 Å². The number of carbonyl (C=O) groups is 2. The number of nitrogens with zero attached hydrogens (tertiary/aromatic N) is 2. The molecule has 0 radical (unpaired) electrons. The molecule has 1 aliphatic heterocycles. The van der Waals surface area contributed by atoms with Gasteiger partial charge in [-0.25, -0.2) is 9.98 Å². The number of hydrogen-bond donors (Lipinski definition) is 0. The summed E-state index contributed by atoms with van der Waals surface area (Å²) in [5.41, 5.74) is 2.43. The quantitative estimate of drug-likeness (QED) is 0.500. The second-order valence-electron chi connectivity index (χ2n) is 3.52. The van der Waals surface area contributed by atoms with E-state index in [1.54, 1.807) is 0 Å². The van der Waals surface area contributed by atoms with Crippen LogP contribution in [0.5, 0.6) is 0 Å². The van der Waals surface area contributed by atoms with Gasteiger partial charge >= 0.3 is 11.8 Å².